The molecule has 1 aliphatic rings. The number of aromatic nitrogens is 2. The third-order valence-electron chi connectivity index (χ3n) is 5.70. The second kappa shape index (κ2) is 8.84. The van der Waals surface area contributed by atoms with Crippen LogP contribution in [-0.2, 0) is 10.5 Å². The van der Waals surface area contributed by atoms with Crippen LogP contribution in [0.15, 0.2) is 80.9 Å². The fraction of sp³-hybridized carbons (Fsp3) is 0.217. The number of Topliss-reactive ketones (excluding diaryl/α,β-unsaturated/α-hetero) is 2. The quantitative estimate of drug-likeness (QED) is 0.405. The molecule has 2 heterocycles. The Kier molecular flexibility index (Phi) is 6.21. The minimum absolute atomic E-state index is 0.148. The molecule has 1 saturated heterocycles. The normalized spacial score (nSPS) is 26.4. The van der Waals surface area contributed by atoms with Gasteiger partial charge in [-0.2, -0.15) is 0 Å². The number of rotatable bonds is 6. The summed E-state index contributed by atoms with van der Waals surface area (Å²) in [5, 5.41) is 20.7. The number of hydrogen-bond acceptors (Lipinski definition) is 7. The van der Waals surface area contributed by atoms with Gasteiger partial charge in [-0.1, -0.05) is 60.7 Å². The first-order chi connectivity index (χ1) is 16.2. The van der Waals surface area contributed by atoms with Crippen LogP contribution in [0.1, 0.15) is 20.7 Å². The summed E-state index contributed by atoms with van der Waals surface area (Å²) >= 11 is 2.93. The van der Waals surface area contributed by atoms with E-state index in [-0.39, 0.29) is 15.6 Å². The number of hydrogen-bond donors (Lipinski definition) is 3. The number of carbonyl (C=O) groups is 2. The van der Waals surface area contributed by atoms with E-state index in [1.54, 1.807) is 12.1 Å². The van der Waals surface area contributed by atoms with Gasteiger partial charge in [0, 0.05) is 17.3 Å². The van der Waals surface area contributed by atoms with Gasteiger partial charge in [0.05, 0.1) is 11.1 Å². The van der Waals surface area contributed by atoms with Gasteiger partial charge >= 0.3 is 5.69 Å². The molecule has 0 radical (unpaired) electrons. The number of halogens is 2. The van der Waals surface area contributed by atoms with Crippen molar-refractivity contribution in [2.45, 2.75) is 23.6 Å². The number of nitrogens with one attached hydrogen (secondary N) is 1. The van der Waals surface area contributed by atoms with Crippen molar-refractivity contribution in [1.82, 2.24) is 9.55 Å². The predicted molar refractivity (Wildman–Crippen MR) is 120 cm³/mol. The average Bonchev–Trinajstić information content (AvgIpc) is 3.09. The first kappa shape index (κ1) is 23.9. The topological polar surface area (TPSA) is 139 Å². The van der Waals surface area contributed by atoms with Gasteiger partial charge in [-0.3, -0.25) is 23.9 Å². The largest absolute Gasteiger partial charge is 0.394 e. The molecule has 2 aromatic carbocycles. The highest BCUT2D eigenvalue weighted by atomic mass is 79.9. The van der Waals surface area contributed by atoms with Crippen molar-refractivity contribution in [3.05, 3.63) is 103 Å². The summed E-state index contributed by atoms with van der Waals surface area (Å²) in [6.45, 7) is -0.974. The maximum absolute atomic E-state index is 17.3. The Bertz CT molecular complexity index is 1360. The van der Waals surface area contributed by atoms with Gasteiger partial charge in [0.25, 0.3) is 17.0 Å². The number of alkyl halides is 1. The zero-order chi connectivity index (χ0) is 24.7. The number of nitrogens with zero attached hydrogens (tertiary/aromatic N) is 1. The molecule has 0 unspecified atom stereocenters. The molecule has 1 aliphatic heterocycles. The SMILES string of the molecule is O=C(c1ccccc1)[C@]1(F)[C@H](O)[C@@H](CO)O[C@@]1(C(=O)c1ccccc1)n1cc(Br)c(=O)[nH]c1=O. The third kappa shape index (κ3) is 3.40. The number of aromatic amines is 1. The van der Waals surface area contributed by atoms with Gasteiger partial charge in [0.2, 0.25) is 11.6 Å². The number of ketones is 2. The molecule has 0 amide bonds. The molecular weight excluding hydrogens is 515 g/mol. The van der Waals surface area contributed by atoms with Gasteiger partial charge < -0.3 is 14.9 Å². The number of carbonyl (C=O) groups excluding carboxylic acids is 2. The molecule has 11 heteroatoms. The summed E-state index contributed by atoms with van der Waals surface area (Å²) in [5.74, 6) is -2.54. The molecule has 0 aliphatic carbocycles. The van der Waals surface area contributed by atoms with Crippen molar-refractivity contribution in [2.24, 2.45) is 0 Å². The monoisotopic (exact) mass is 532 g/mol. The van der Waals surface area contributed by atoms with E-state index in [0.717, 1.165) is 6.20 Å². The second-order valence-electron chi connectivity index (χ2n) is 7.64. The highest BCUT2D eigenvalue weighted by Crippen LogP contribution is 2.49. The van der Waals surface area contributed by atoms with Crippen molar-refractivity contribution in [2.75, 3.05) is 6.61 Å². The van der Waals surface area contributed by atoms with Crippen LogP contribution in [-0.4, -0.2) is 55.8 Å². The fourth-order valence-corrected chi connectivity index (χ4v) is 4.38. The van der Waals surface area contributed by atoms with Crippen molar-refractivity contribution in [3.8, 4) is 0 Å². The Morgan fingerprint density at radius 3 is 2.09 bits per heavy atom. The van der Waals surface area contributed by atoms with Crippen LogP contribution in [0, 0.1) is 0 Å². The van der Waals surface area contributed by atoms with Crippen LogP contribution >= 0.6 is 15.9 Å². The molecule has 176 valence electrons. The molecule has 4 rings (SSSR count). The number of ether oxygens (including phenoxy) is 1. The maximum Gasteiger partial charge on any atom is 0.331 e. The lowest BCUT2D eigenvalue weighted by Gasteiger charge is -2.38. The van der Waals surface area contributed by atoms with E-state index in [2.05, 4.69) is 15.9 Å². The molecule has 3 aromatic rings. The van der Waals surface area contributed by atoms with Crippen LogP contribution in [0.4, 0.5) is 4.39 Å². The van der Waals surface area contributed by atoms with Crippen molar-refractivity contribution < 1.29 is 28.9 Å². The Morgan fingerprint density at radius 1 is 1.03 bits per heavy atom. The molecule has 3 N–H and O–H groups in total. The molecule has 4 atom stereocenters. The summed E-state index contributed by atoms with van der Waals surface area (Å²) in [6.07, 6.45) is -3.31. The molecule has 9 nitrogen and oxygen atoms in total. The number of H-pyrrole nitrogens is 1. The summed E-state index contributed by atoms with van der Waals surface area (Å²) < 4.78 is 23.0. The molecule has 0 saturated carbocycles. The van der Waals surface area contributed by atoms with Gasteiger partial charge in [0.1, 0.15) is 12.2 Å². The van der Waals surface area contributed by atoms with Crippen molar-refractivity contribution in [1.29, 1.82) is 0 Å². The molecule has 34 heavy (non-hydrogen) atoms. The Hall–Kier alpha value is -3.25. The number of benzene rings is 2. The van der Waals surface area contributed by atoms with E-state index >= 15 is 4.39 Å². The van der Waals surface area contributed by atoms with E-state index in [9.17, 15) is 29.4 Å². The van der Waals surface area contributed by atoms with E-state index < -0.39 is 53.0 Å². The molecule has 1 aromatic heterocycles. The van der Waals surface area contributed by atoms with E-state index in [1.807, 2.05) is 4.98 Å². The second-order valence-corrected chi connectivity index (χ2v) is 8.49. The number of aliphatic hydroxyl groups is 2. The highest BCUT2D eigenvalue weighted by molar-refractivity contribution is 9.10. The van der Waals surface area contributed by atoms with Crippen molar-refractivity contribution >= 4 is 27.5 Å². The minimum Gasteiger partial charge on any atom is -0.394 e. The smallest absolute Gasteiger partial charge is 0.331 e. The summed E-state index contributed by atoms with van der Waals surface area (Å²) in [6, 6.07) is 14.2. The van der Waals surface area contributed by atoms with Gasteiger partial charge in [-0.05, 0) is 15.9 Å². The van der Waals surface area contributed by atoms with E-state index in [0.29, 0.717) is 4.57 Å². The Balaban J connectivity index is 2.11. The summed E-state index contributed by atoms with van der Waals surface area (Å²) in [7, 11) is 0. The molecular formula is C23H18BrFN2O7. The lowest BCUT2D eigenvalue weighted by molar-refractivity contribution is -0.121. The third-order valence-corrected chi connectivity index (χ3v) is 6.27. The minimum atomic E-state index is -3.59. The number of aliphatic hydroxyl groups excluding tert-OH is 2. The Labute approximate surface area is 199 Å². The van der Waals surface area contributed by atoms with Crippen LogP contribution in [0.2, 0.25) is 0 Å². The van der Waals surface area contributed by atoms with E-state index in [4.69, 9.17) is 4.74 Å². The zero-order valence-corrected chi connectivity index (χ0v) is 18.9. The summed E-state index contributed by atoms with van der Waals surface area (Å²) in [4.78, 5) is 54.3. The predicted octanol–water partition coefficient (Wildman–Crippen LogP) is 1.18. The van der Waals surface area contributed by atoms with Crippen LogP contribution in [0.5, 0.6) is 0 Å². The highest BCUT2D eigenvalue weighted by Gasteiger charge is 2.75. The molecule has 0 spiro atoms. The Morgan fingerprint density at radius 2 is 1.56 bits per heavy atom. The van der Waals surface area contributed by atoms with Gasteiger partial charge in [-0.25, -0.2) is 9.18 Å². The van der Waals surface area contributed by atoms with Crippen LogP contribution in [0.3, 0.4) is 0 Å². The van der Waals surface area contributed by atoms with Crippen LogP contribution in [0.25, 0.3) is 0 Å². The van der Waals surface area contributed by atoms with Gasteiger partial charge in [0.15, 0.2) is 0 Å². The zero-order valence-electron chi connectivity index (χ0n) is 17.4. The van der Waals surface area contributed by atoms with E-state index in [1.165, 1.54) is 48.5 Å². The molecule has 1 fully saturated rings. The average molecular weight is 533 g/mol. The first-order valence-corrected chi connectivity index (χ1v) is 10.8. The van der Waals surface area contributed by atoms with Gasteiger partial charge in [-0.15, -0.1) is 0 Å². The van der Waals surface area contributed by atoms with Crippen LogP contribution < -0.4 is 11.2 Å². The van der Waals surface area contributed by atoms with Crippen molar-refractivity contribution in [3.63, 3.8) is 0 Å². The lowest BCUT2D eigenvalue weighted by Crippen LogP contribution is -2.65. The first-order valence-electron chi connectivity index (χ1n) is 10.1. The standard InChI is InChI=1S/C23H18BrFN2O7/c24-15-11-27(21(33)26-20(15)32)23(18(30)14-9-5-2-6-10-14)22(25,19(31)16(12-28)34-23)17(29)13-7-3-1-4-8-13/h1-11,16,19,28,31H,12H2,(H,26,32,33)/t16-,19-,22+,23-/m1/s1. The fourth-order valence-electron chi connectivity index (χ4n) is 4.08. The summed E-state index contributed by atoms with van der Waals surface area (Å²) in [5.41, 5.74) is -9.21. The lowest BCUT2D eigenvalue weighted by atomic mass is 9.77. The maximum atomic E-state index is 17.3. The molecule has 0 bridgehead atoms.